The first-order valence-corrected chi connectivity index (χ1v) is 10.8. The number of nitrogens with zero attached hydrogens (tertiary/aromatic N) is 5. The number of nitrogens with one attached hydrogen (secondary N) is 1. The fraction of sp³-hybridized carbons (Fsp3) is 0.375. The van der Waals surface area contributed by atoms with E-state index in [0.29, 0.717) is 18.9 Å². The number of pyridine rings is 2. The first kappa shape index (κ1) is 21.7. The third-order valence-corrected chi connectivity index (χ3v) is 6.08. The number of hydrogen-bond acceptors (Lipinski definition) is 6. The lowest BCUT2D eigenvalue weighted by Crippen LogP contribution is -2.41. The van der Waals surface area contributed by atoms with E-state index in [1.165, 1.54) is 4.57 Å². The zero-order valence-corrected chi connectivity index (χ0v) is 18.9. The van der Waals surface area contributed by atoms with Crippen LogP contribution in [0, 0.1) is 20.8 Å². The summed E-state index contributed by atoms with van der Waals surface area (Å²) in [6.07, 6.45) is 5.02. The minimum atomic E-state index is -0.232. The number of carbonyl (C=O) groups is 1. The van der Waals surface area contributed by atoms with Crippen molar-refractivity contribution >= 4 is 17.5 Å². The van der Waals surface area contributed by atoms with Gasteiger partial charge in [0, 0.05) is 43.6 Å². The van der Waals surface area contributed by atoms with E-state index in [4.69, 9.17) is 4.98 Å². The van der Waals surface area contributed by atoms with Crippen molar-refractivity contribution in [1.29, 1.82) is 0 Å². The maximum absolute atomic E-state index is 13.1. The molecule has 1 amide bonds. The number of anilines is 2. The molecular weight excluding hydrogens is 404 g/mol. The van der Waals surface area contributed by atoms with Crippen LogP contribution in [0.15, 0.2) is 41.5 Å². The predicted molar refractivity (Wildman–Crippen MR) is 123 cm³/mol. The third kappa shape index (κ3) is 4.39. The summed E-state index contributed by atoms with van der Waals surface area (Å²) < 4.78 is 1.53. The van der Waals surface area contributed by atoms with Gasteiger partial charge in [0.25, 0.3) is 11.5 Å². The molecular formula is C24H28N6O2. The Kier molecular flexibility index (Phi) is 6.03. The molecule has 8 heteroatoms. The number of piperidine rings is 1. The summed E-state index contributed by atoms with van der Waals surface area (Å²) in [5.74, 6) is 1.40. The molecule has 0 atom stereocenters. The van der Waals surface area contributed by atoms with Gasteiger partial charge in [-0.15, -0.1) is 0 Å². The van der Waals surface area contributed by atoms with E-state index in [-0.39, 0.29) is 22.9 Å². The molecule has 3 aromatic heterocycles. The molecule has 3 aromatic rings. The van der Waals surface area contributed by atoms with Gasteiger partial charge in [0.1, 0.15) is 17.2 Å². The van der Waals surface area contributed by atoms with Crippen LogP contribution in [-0.2, 0) is 7.05 Å². The van der Waals surface area contributed by atoms with Gasteiger partial charge in [-0.1, -0.05) is 6.07 Å². The minimum Gasteiger partial charge on any atom is -0.338 e. The van der Waals surface area contributed by atoms with Crippen LogP contribution < -0.4 is 10.9 Å². The average Bonchev–Trinajstić information content (AvgIpc) is 2.78. The van der Waals surface area contributed by atoms with Gasteiger partial charge < -0.3 is 14.8 Å². The van der Waals surface area contributed by atoms with Crippen LogP contribution in [0.25, 0.3) is 0 Å². The summed E-state index contributed by atoms with van der Waals surface area (Å²) in [6.45, 7) is 6.80. The van der Waals surface area contributed by atoms with Crippen LogP contribution in [0.1, 0.15) is 51.8 Å². The van der Waals surface area contributed by atoms with Crippen molar-refractivity contribution in [3.63, 3.8) is 0 Å². The lowest BCUT2D eigenvalue weighted by molar-refractivity contribution is 0.0709. The fourth-order valence-corrected chi connectivity index (χ4v) is 4.16. The van der Waals surface area contributed by atoms with Gasteiger partial charge in [0.15, 0.2) is 0 Å². The second-order valence-corrected chi connectivity index (χ2v) is 8.39. The van der Waals surface area contributed by atoms with Crippen molar-refractivity contribution in [3.8, 4) is 0 Å². The Morgan fingerprint density at radius 1 is 1.06 bits per heavy atom. The first-order chi connectivity index (χ1) is 15.3. The largest absolute Gasteiger partial charge is 0.338 e. The van der Waals surface area contributed by atoms with Gasteiger partial charge in [-0.3, -0.25) is 14.6 Å². The first-order valence-electron chi connectivity index (χ1n) is 10.8. The fourth-order valence-electron chi connectivity index (χ4n) is 4.16. The van der Waals surface area contributed by atoms with Crippen molar-refractivity contribution in [3.05, 3.63) is 75.2 Å². The monoisotopic (exact) mass is 432 g/mol. The summed E-state index contributed by atoms with van der Waals surface area (Å²) in [5, 5.41) is 3.21. The molecule has 4 rings (SSSR count). The second-order valence-electron chi connectivity index (χ2n) is 8.39. The Hall–Kier alpha value is -3.55. The Morgan fingerprint density at radius 3 is 2.53 bits per heavy atom. The number of hydrogen-bond donors (Lipinski definition) is 1. The zero-order chi connectivity index (χ0) is 22.8. The smallest absolute Gasteiger partial charge is 0.263 e. The van der Waals surface area contributed by atoms with Gasteiger partial charge in [0.2, 0.25) is 0 Å². The molecule has 1 saturated heterocycles. The maximum atomic E-state index is 13.1. The van der Waals surface area contributed by atoms with Crippen LogP contribution in [0.5, 0.6) is 0 Å². The Balaban J connectivity index is 1.45. The van der Waals surface area contributed by atoms with Crippen molar-refractivity contribution < 1.29 is 4.79 Å². The molecule has 4 heterocycles. The molecule has 32 heavy (non-hydrogen) atoms. The predicted octanol–water partition coefficient (Wildman–Crippen LogP) is 3.26. The van der Waals surface area contributed by atoms with Crippen molar-refractivity contribution in [1.82, 2.24) is 24.4 Å². The highest BCUT2D eigenvalue weighted by Crippen LogP contribution is 2.28. The summed E-state index contributed by atoms with van der Waals surface area (Å²) in [6, 6.07) is 7.66. The molecule has 0 unspecified atom stereocenters. The summed E-state index contributed by atoms with van der Waals surface area (Å²) in [7, 11) is 1.70. The number of aryl methyl sites for hydroxylation is 3. The molecule has 0 aromatic carbocycles. The molecule has 0 spiro atoms. The molecule has 8 nitrogen and oxygen atoms in total. The van der Waals surface area contributed by atoms with Gasteiger partial charge >= 0.3 is 0 Å². The van der Waals surface area contributed by atoms with Crippen molar-refractivity contribution in [2.24, 2.45) is 7.05 Å². The lowest BCUT2D eigenvalue weighted by atomic mass is 9.93. The highest BCUT2D eigenvalue weighted by molar-refractivity contribution is 5.95. The average molecular weight is 433 g/mol. The van der Waals surface area contributed by atoms with E-state index in [1.54, 1.807) is 24.3 Å². The maximum Gasteiger partial charge on any atom is 0.263 e. The van der Waals surface area contributed by atoms with E-state index < -0.39 is 0 Å². The van der Waals surface area contributed by atoms with Gasteiger partial charge in [-0.25, -0.2) is 9.97 Å². The number of rotatable bonds is 4. The molecule has 0 bridgehead atoms. The molecule has 166 valence electrons. The highest BCUT2D eigenvalue weighted by atomic mass is 16.2. The Bertz CT molecular complexity index is 1210. The van der Waals surface area contributed by atoms with Crippen LogP contribution in [0.4, 0.5) is 11.6 Å². The normalized spacial score (nSPS) is 14.4. The van der Waals surface area contributed by atoms with Crippen molar-refractivity contribution in [2.75, 3.05) is 18.4 Å². The number of aromatic nitrogens is 4. The molecule has 0 aliphatic carbocycles. The van der Waals surface area contributed by atoms with E-state index in [9.17, 15) is 9.59 Å². The minimum absolute atomic E-state index is 0.187. The zero-order valence-electron chi connectivity index (χ0n) is 18.9. The summed E-state index contributed by atoms with van der Waals surface area (Å²) in [4.78, 5) is 41.1. The van der Waals surface area contributed by atoms with Gasteiger partial charge in [0.05, 0.1) is 11.9 Å². The van der Waals surface area contributed by atoms with Crippen LogP contribution >= 0.6 is 0 Å². The van der Waals surface area contributed by atoms with Crippen molar-refractivity contribution in [2.45, 2.75) is 39.5 Å². The van der Waals surface area contributed by atoms with E-state index in [0.717, 1.165) is 41.3 Å². The Labute approximate surface area is 187 Å². The Morgan fingerprint density at radius 2 is 1.81 bits per heavy atom. The van der Waals surface area contributed by atoms with Crippen LogP contribution in [0.2, 0.25) is 0 Å². The number of carbonyl (C=O) groups excluding carboxylic acids is 1. The third-order valence-electron chi connectivity index (χ3n) is 6.08. The van der Waals surface area contributed by atoms with Crippen LogP contribution in [0.3, 0.4) is 0 Å². The molecule has 1 aliphatic heterocycles. The lowest BCUT2D eigenvalue weighted by Gasteiger charge is -2.32. The molecule has 1 N–H and O–H groups in total. The summed E-state index contributed by atoms with van der Waals surface area (Å²) in [5.41, 5.74) is 3.44. The summed E-state index contributed by atoms with van der Waals surface area (Å²) >= 11 is 0. The topological polar surface area (TPSA) is 93.0 Å². The number of likely N-dealkylation sites (tertiary alicyclic amines) is 1. The quantitative estimate of drug-likeness (QED) is 0.680. The SMILES string of the molecule is Cc1cccc(Nc2cncc(C3CCN(C(=O)c4c(C)cc(C)n(C)c4=O)CC3)n2)n1. The standard InChI is InChI=1S/C24H28N6O2/c1-15-12-17(3)29(4)23(31)22(15)24(32)30-10-8-18(9-11-30)19-13-25-14-21(27-19)28-20-7-5-6-16(2)26-20/h5-7,12-14,18H,8-11H2,1-4H3,(H,26,27,28). The molecule has 0 radical (unpaired) electrons. The molecule has 1 aliphatic rings. The molecule has 0 saturated carbocycles. The van der Waals surface area contributed by atoms with E-state index >= 15 is 0 Å². The highest BCUT2D eigenvalue weighted by Gasteiger charge is 2.28. The van der Waals surface area contributed by atoms with Gasteiger partial charge in [-0.05, 0) is 57.4 Å². The van der Waals surface area contributed by atoms with Crippen LogP contribution in [-0.4, -0.2) is 43.4 Å². The van der Waals surface area contributed by atoms with Gasteiger partial charge in [-0.2, -0.15) is 0 Å². The molecule has 1 fully saturated rings. The number of amides is 1. The van der Waals surface area contributed by atoms with E-state index in [1.807, 2.05) is 45.0 Å². The second kappa shape index (κ2) is 8.90. The van der Waals surface area contributed by atoms with E-state index in [2.05, 4.69) is 15.3 Å².